The van der Waals surface area contributed by atoms with E-state index in [4.69, 9.17) is 0 Å². The molecule has 0 spiro atoms. The molecule has 0 aromatic heterocycles. The van der Waals surface area contributed by atoms with E-state index in [0.29, 0.717) is 31.5 Å². The number of fused-ring (bicyclic) bond motifs is 1. The third-order valence-corrected chi connectivity index (χ3v) is 6.81. The molecule has 112 valence electrons. The van der Waals surface area contributed by atoms with Crippen LogP contribution in [0.25, 0.3) is 0 Å². The Morgan fingerprint density at radius 3 is 2.32 bits per heavy atom. The molecule has 19 heavy (non-hydrogen) atoms. The van der Waals surface area contributed by atoms with Gasteiger partial charge in [-0.1, -0.05) is 6.42 Å². The van der Waals surface area contributed by atoms with Crippen LogP contribution in [0.4, 0.5) is 0 Å². The number of hydrogen-bond donors (Lipinski definition) is 1. The first kappa shape index (κ1) is 15.5. The number of nitrogens with zero attached hydrogens (tertiary/aromatic N) is 2. The van der Waals surface area contributed by atoms with Crippen molar-refractivity contribution in [1.82, 2.24) is 13.9 Å². The zero-order valence-corrected chi connectivity index (χ0v) is 13.0. The van der Waals surface area contributed by atoms with E-state index in [9.17, 15) is 8.42 Å². The van der Waals surface area contributed by atoms with E-state index in [1.54, 1.807) is 8.61 Å². The number of hydrogen-bond acceptors (Lipinski definition) is 3. The minimum atomic E-state index is -3.21. The smallest absolute Gasteiger partial charge is 0.282 e. The molecule has 0 amide bonds. The maximum Gasteiger partial charge on any atom is 0.282 e. The normalized spacial score (nSPS) is 37.0. The topological polar surface area (TPSA) is 52.7 Å². The first-order valence-corrected chi connectivity index (χ1v) is 8.46. The number of halogens is 1. The molecule has 3 atom stereocenters. The van der Waals surface area contributed by atoms with Gasteiger partial charge in [0.05, 0.1) is 0 Å². The lowest BCUT2D eigenvalue weighted by Crippen LogP contribution is -2.49. The Bertz CT molecular complexity index is 405. The van der Waals surface area contributed by atoms with Crippen molar-refractivity contribution in [2.45, 2.75) is 32.2 Å². The number of rotatable bonds is 2. The van der Waals surface area contributed by atoms with Crippen LogP contribution in [-0.4, -0.2) is 55.8 Å². The molecule has 5 nitrogen and oxygen atoms in total. The van der Waals surface area contributed by atoms with Crippen molar-refractivity contribution in [3.8, 4) is 0 Å². The molecule has 1 unspecified atom stereocenters. The van der Waals surface area contributed by atoms with Gasteiger partial charge in [0, 0.05) is 25.7 Å². The summed E-state index contributed by atoms with van der Waals surface area (Å²) in [6.07, 6.45) is 3.16. The summed E-state index contributed by atoms with van der Waals surface area (Å²) < 4.78 is 28.8. The van der Waals surface area contributed by atoms with Crippen LogP contribution in [0.5, 0.6) is 0 Å². The summed E-state index contributed by atoms with van der Waals surface area (Å²) in [5.74, 6) is 1.06. The molecule has 7 heteroatoms. The molecule has 3 aliphatic rings. The van der Waals surface area contributed by atoms with Crippen molar-refractivity contribution in [3.63, 3.8) is 0 Å². The maximum atomic E-state index is 12.7. The van der Waals surface area contributed by atoms with Gasteiger partial charge in [-0.3, -0.25) is 0 Å². The van der Waals surface area contributed by atoms with Gasteiger partial charge in [-0.25, -0.2) is 0 Å². The van der Waals surface area contributed by atoms with Crippen LogP contribution in [0.3, 0.4) is 0 Å². The van der Waals surface area contributed by atoms with Crippen LogP contribution in [-0.2, 0) is 10.2 Å². The first-order valence-electron chi connectivity index (χ1n) is 7.06. The van der Waals surface area contributed by atoms with Crippen LogP contribution in [0.15, 0.2) is 0 Å². The molecular weight excluding hydrogens is 286 g/mol. The minimum absolute atomic E-state index is 0. The van der Waals surface area contributed by atoms with Gasteiger partial charge in [-0.2, -0.15) is 17.0 Å². The van der Waals surface area contributed by atoms with Crippen molar-refractivity contribution in [2.24, 2.45) is 11.8 Å². The molecular formula is C12H24ClN3O2S. The summed E-state index contributed by atoms with van der Waals surface area (Å²) in [6.45, 7) is 6.12. The zero-order chi connectivity index (χ0) is 12.8. The predicted octanol–water partition coefficient (Wildman–Crippen LogP) is 0.679. The third-order valence-electron chi connectivity index (χ3n) is 4.72. The van der Waals surface area contributed by atoms with Crippen LogP contribution < -0.4 is 5.32 Å². The molecule has 0 aliphatic carbocycles. The van der Waals surface area contributed by atoms with Crippen LogP contribution in [0, 0.1) is 11.8 Å². The molecule has 3 aliphatic heterocycles. The predicted molar refractivity (Wildman–Crippen MR) is 77.6 cm³/mol. The molecule has 3 saturated heterocycles. The summed E-state index contributed by atoms with van der Waals surface area (Å²) in [5.41, 5.74) is 0. The first-order chi connectivity index (χ1) is 8.59. The van der Waals surface area contributed by atoms with E-state index in [1.807, 2.05) is 6.92 Å². The lowest BCUT2D eigenvalue weighted by Gasteiger charge is -2.35. The van der Waals surface area contributed by atoms with Gasteiger partial charge in [0.2, 0.25) is 0 Å². The highest BCUT2D eigenvalue weighted by atomic mass is 35.5. The highest BCUT2D eigenvalue weighted by Gasteiger charge is 2.44. The Balaban J connectivity index is 0.00000133. The third kappa shape index (κ3) is 2.78. The largest absolute Gasteiger partial charge is 0.316 e. The summed E-state index contributed by atoms with van der Waals surface area (Å²) in [5, 5.41) is 3.35. The molecule has 0 bridgehead atoms. The Morgan fingerprint density at radius 1 is 1.11 bits per heavy atom. The van der Waals surface area contributed by atoms with E-state index >= 15 is 0 Å². The summed E-state index contributed by atoms with van der Waals surface area (Å²) >= 11 is 0. The van der Waals surface area contributed by atoms with Gasteiger partial charge in [0.15, 0.2) is 0 Å². The molecule has 0 saturated carbocycles. The Kier molecular flexibility index (Phi) is 4.78. The SMILES string of the molecule is CC1CCCCN1S(=O)(=O)N1C[C@H]2CNC[C@H]2C1.Cl. The zero-order valence-electron chi connectivity index (χ0n) is 11.4. The lowest BCUT2D eigenvalue weighted by atomic mass is 10.0. The second-order valence-corrected chi connectivity index (χ2v) is 7.84. The number of piperidine rings is 1. The van der Waals surface area contributed by atoms with E-state index in [-0.39, 0.29) is 18.4 Å². The van der Waals surface area contributed by atoms with Crippen molar-refractivity contribution < 1.29 is 8.42 Å². The Labute approximate surface area is 122 Å². The van der Waals surface area contributed by atoms with Gasteiger partial charge in [0.25, 0.3) is 10.2 Å². The monoisotopic (exact) mass is 309 g/mol. The highest BCUT2D eigenvalue weighted by molar-refractivity contribution is 7.86. The van der Waals surface area contributed by atoms with Gasteiger partial charge < -0.3 is 5.32 Å². The quantitative estimate of drug-likeness (QED) is 0.816. The van der Waals surface area contributed by atoms with Gasteiger partial charge >= 0.3 is 0 Å². The Morgan fingerprint density at radius 2 is 1.74 bits per heavy atom. The van der Waals surface area contributed by atoms with Gasteiger partial charge in [-0.15, -0.1) is 12.4 Å². The van der Waals surface area contributed by atoms with Crippen molar-refractivity contribution >= 4 is 22.6 Å². The van der Waals surface area contributed by atoms with E-state index in [0.717, 1.165) is 32.4 Å². The standard InChI is InChI=1S/C12H23N3O2S.ClH/c1-10-4-2-3-5-15(10)18(16,17)14-8-11-6-13-7-12(11)9-14;/h10-13H,2-9H2,1H3;1H/t10?,11-,12+;. The minimum Gasteiger partial charge on any atom is -0.316 e. The molecule has 0 aromatic rings. The number of nitrogens with one attached hydrogen (secondary N) is 1. The molecule has 3 rings (SSSR count). The molecule has 0 radical (unpaired) electrons. The molecule has 1 N–H and O–H groups in total. The fourth-order valence-electron chi connectivity index (χ4n) is 3.56. The maximum absolute atomic E-state index is 12.7. The van der Waals surface area contributed by atoms with Gasteiger partial charge in [0.1, 0.15) is 0 Å². The lowest BCUT2D eigenvalue weighted by molar-refractivity contribution is 0.248. The molecule has 3 fully saturated rings. The molecule has 0 aromatic carbocycles. The highest BCUT2D eigenvalue weighted by Crippen LogP contribution is 2.31. The van der Waals surface area contributed by atoms with E-state index in [2.05, 4.69) is 5.32 Å². The fraction of sp³-hybridized carbons (Fsp3) is 1.00. The van der Waals surface area contributed by atoms with Crippen molar-refractivity contribution in [1.29, 1.82) is 0 Å². The van der Waals surface area contributed by atoms with Crippen molar-refractivity contribution in [3.05, 3.63) is 0 Å². The summed E-state index contributed by atoms with van der Waals surface area (Å²) in [7, 11) is -3.21. The van der Waals surface area contributed by atoms with Crippen molar-refractivity contribution in [2.75, 3.05) is 32.7 Å². The van der Waals surface area contributed by atoms with Crippen LogP contribution in [0.2, 0.25) is 0 Å². The van der Waals surface area contributed by atoms with E-state index < -0.39 is 10.2 Å². The second kappa shape index (κ2) is 5.85. The van der Waals surface area contributed by atoms with Crippen LogP contribution >= 0.6 is 12.4 Å². The second-order valence-electron chi connectivity index (χ2n) is 5.96. The molecule has 3 heterocycles. The average molecular weight is 310 g/mol. The Hall–Kier alpha value is 0.120. The fourth-order valence-corrected chi connectivity index (χ4v) is 5.54. The van der Waals surface area contributed by atoms with Gasteiger partial charge in [-0.05, 0) is 44.7 Å². The summed E-state index contributed by atoms with van der Waals surface area (Å²) in [4.78, 5) is 0. The van der Waals surface area contributed by atoms with Crippen LogP contribution in [0.1, 0.15) is 26.2 Å². The van der Waals surface area contributed by atoms with E-state index in [1.165, 1.54) is 0 Å². The average Bonchev–Trinajstić information content (AvgIpc) is 2.89. The summed E-state index contributed by atoms with van der Waals surface area (Å²) in [6, 6.07) is 0.169.